The molecule has 0 aromatic heterocycles. The molecule has 10 nitrogen and oxygen atoms in total. The minimum Gasteiger partial charge on any atom is -0.504 e. The molecule has 0 amide bonds. The van der Waals surface area contributed by atoms with Crippen LogP contribution < -0.4 is 18.9 Å². The minimum absolute atomic E-state index is 0.227. The third kappa shape index (κ3) is 3.57. The molecule has 2 N–H and O–H groups in total. The van der Waals surface area contributed by atoms with E-state index >= 15 is 0 Å². The molecule has 28 heavy (non-hydrogen) atoms. The van der Waals surface area contributed by atoms with Gasteiger partial charge in [-0.25, -0.2) is 0 Å². The van der Waals surface area contributed by atoms with E-state index in [1.807, 2.05) is 0 Å². The Morgan fingerprint density at radius 1 is 0.643 bits per heavy atom. The number of nitriles is 4. The maximum Gasteiger partial charge on any atom is 0.292 e. The molecule has 0 spiro atoms. The van der Waals surface area contributed by atoms with Gasteiger partial charge in [0.15, 0.2) is 23.0 Å². The Morgan fingerprint density at radius 2 is 0.964 bits per heavy atom. The molecule has 0 unspecified atom stereocenters. The quantitative estimate of drug-likeness (QED) is 0.711. The molecule has 0 saturated heterocycles. The van der Waals surface area contributed by atoms with Crippen molar-refractivity contribution in [2.45, 2.75) is 12.8 Å². The Hall–Kier alpha value is -4.80. The number of rotatable bonds is 6. The van der Waals surface area contributed by atoms with E-state index in [2.05, 4.69) is 0 Å². The number of hydrogen-bond donors (Lipinski definition) is 2. The van der Waals surface area contributed by atoms with Crippen molar-refractivity contribution < 1.29 is 29.2 Å². The van der Waals surface area contributed by atoms with E-state index in [1.54, 1.807) is 6.92 Å². The van der Waals surface area contributed by atoms with Gasteiger partial charge in [-0.2, -0.15) is 0 Å². The van der Waals surface area contributed by atoms with Gasteiger partial charge >= 0.3 is 0 Å². The van der Waals surface area contributed by atoms with Crippen molar-refractivity contribution in [2.24, 2.45) is 0 Å². The summed E-state index contributed by atoms with van der Waals surface area (Å²) in [5.74, 6) is -2.75. The van der Waals surface area contributed by atoms with E-state index in [4.69, 9.17) is 40.0 Å². The first kappa shape index (κ1) is 19.5. The summed E-state index contributed by atoms with van der Waals surface area (Å²) in [5, 5.41) is 55.2. The summed E-state index contributed by atoms with van der Waals surface area (Å²) in [6.45, 7) is 1.62. The summed E-state index contributed by atoms with van der Waals surface area (Å²) in [5.41, 5.74) is 0.557. The molecule has 0 fully saturated rings. The Morgan fingerprint density at radius 3 is 1.29 bits per heavy atom. The average molecular weight is 378 g/mol. The van der Waals surface area contributed by atoms with Crippen LogP contribution in [0.1, 0.15) is 24.0 Å². The monoisotopic (exact) mass is 378 g/mol. The van der Waals surface area contributed by atoms with Gasteiger partial charge in [0.05, 0.1) is 0 Å². The molecule has 0 aliphatic rings. The molecule has 10 heteroatoms. The lowest BCUT2D eigenvalue weighted by atomic mass is 9.90. The van der Waals surface area contributed by atoms with Gasteiger partial charge in [0.2, 0.25) is 11.5 Å². The molecule has 0 aliphatic carbocycles. The molecule has 0 saturated carbocycles. The fourth-order valence-corrected chi connectivity index (χ4v) is 2.57. The predicted octanol–water partition coefficient (Wildman–Crippen LogP) is 2.69. The predicted molar refractivity (Wildman–Crippen MR) is 88.7 cm³/mol. The van der Waals surface area contributed by atoms with Gasteiger partial charge < -0.3 is 29.2 Å². The highest BCUT2D eigenvalue weighted by atomic mass is 16.5. The molecule has 0 heterocycles. The molecule has 0 atom stereocenters. The highest BCUT2D eigenvalue weighted by Crippen LogP contribution is 2.48. The van der Waals surface area contributed by atoms with E-state index in [0.717, 1.165) is 0 Å². The van der Waals surface area contributed by atoms with Crippen molar-refractivity contribution in [2.75, 3.05) is 0 Å². The van der Waals surface area contributed by atoms with E-state index < -0.39 is 17.4 Å². The maximum absolute atomic E-state index is 9.89. The lowest BCUT2D eigenvalue weighted by molar-refractivity contribution is 0.388. The molecular weight excluding hydrogens is 368 g/mol. The van der Waals surface area contributed by atoms with Gasteiger partial charge in [0.1, 0.15) is 0 Å². The van der Waals surface area contributed by atoms with Crippen LogP contribution in [0.15, 0.2) is 24.3 Å². The van der Waals surface area contributed by atoms with Crippen molar-refractivity contribution in [1.29, 1.82) is 21.0 Å². The third-order valence-corrected chi connectivity index (χ3v) is 3.77. The fraction of sp³-hybridized carbons (Fsp3) is 0.111. The number of benzene rings is 2. The molecule has 138 valence electrons. The minimum atomic E-state index is -0.685. The van der Waals surface area contributed by atoms with Crippen LogP contribution in [0.25, 0.3) is 0 Å². The molecule has 0 radical (unpaired) electrons. The first-order chi connectivity index (χ1) is 13.5. The Balaban J connectivity index is 2.72. The van der Waals surface area contributed by atoms with Crippen LogP contribution in [-0.4, -0.2) is 10.2 Å². The van der Waals surface area contributed by atoms with Crippen LogP contribution in [0.5, 0.6) is 34.5 Å². The Labute approximate surface area is 158 Å². The molecule has 2 aromatic rings. The number of phenols is 2. The number of hydrogen-bond acceptors (Lipinski definition) is 10. The van der Waals surface area contributed by atoms with E-state index in [9.17, 15) is 10.2 Å². The van der Waals surface area contributed by atoms with E-state index in [0.29, 0.717) is 0 Å². The fourth-order valence-electron chi connectivity index (χ4n) is 2.57. The van der Waals surface area contributed by atoms with Gasteiger partial charge in [0.25, 0.3) is 25.0 Å². The van der Waals surface area contributed by atoms with Crippen molar-refractivity contribution in [3.05, 3.63) is 35.4 Å². The van der Waals surface area contributed by atoms with Crippen LogP contribution >= 0.6 is 0 Å². The van der Waals surface area contributed by atoms with Gasteiger partial charge in [0, 0.05) is 17.0 Å². The largest absolute Gasteiger partial charge is 0.504 e. The summed E-state index contributed by atoms with van der Waals surface area (Å²) in [4.78, 5) is 0. The van der Waals surface area contributed by atoms with Gasteiger partial charge in [-0.05, 0) is 12.1 Å². The highest BCUT2D eigenvalue weighted by molar-refractivity contribution is 5.62. The molecule has 2 aromatic carbocycles. The molecule has 2 rings (SSSR count). The first-order valence-electron chi connectivity index (χ1n) is 7.45. The van der Waals surface area contributed by atoms with Crippen molar-refractivity contribution in [3.8, 4) is 59.5 Å². The molecule has 0 aliphatic heterocycles. The van der Waals surface area contributed by atoms with Gasteiger partial charge in [-0.1, -0.05) is 19.1 Å². The number of phenolic OH excluding ortho intramolecular Hbond substituents is 2. The number of ether oxygens (including phenoxy) is 4. The van der Waals surface area contributed by atoms with E-state index in [-0.39, 0.29) is 34.1 Å². The maximum atomic E-state index is 9.89. The summed E-state index contributed by atoms with van der Waals surface area (Å²) in [7, 11) is 0. The summed E-state index contributed by atoms with van der Waals surface area (Å²) < 4.78 is 19.1. The highest BCUT2D eigenvalue weighted by Gasteiger charge is 2.27. The first-order valence-corrected chi connectivity index (χ1v) is 7.45. The lowest BCUT2D eigenvalue weighted by Gasteiger charge is -2.19. The second-order valence-electron chi connectivity index (χ2n) is 5.16. The topological polar surface area (TPSA) is 173 Å². The zero-order chi connectivity index (χ0) is 20.7. The zero-order valence-electron chi connectivity index (χ0n) is 14.2. The third-order valence-electron chi connectivity index (χ3n) is 3.77. The van der Waals surface area contributed by atoms with Crippen LogP contribution in [0, 0.1) is 46.1 Å². The van der Waals surface area contributed by atoms with Crippen LogP contribution in [-0.2, 0) is 0 Å². The summed E-state index contributed by atoms with van der Waals surface area (Å²) in [6.07, 6.45) is 5.67. The Bertz CT molecular complexity index is 986. The lowest BCUT2D eigenvalue weighted by Crippen LogP contribution is -2.04. The molecular formula is C18H10N4O6. The second-order valence-corrected chi connectivity index (χ2v) is 5.16. The van der Waals surface area contributed by atoms with Crippen molar-refractivity contribution >= 4 is 0 Å². The van der Waals surface area contributed by atoms with Crippen LogP contribution in [0.2, 0.25) is 0 Å². The number of nitrogens with zero attached hydrogens (tertiary/aromatic N) is 4. The van der Waals surface area contributed by atoms with Crippen LogP contribution in [0.3, 0.4) is 0 Å². The SMILES string of the molecule is CC(c1ccc(O)c(OC#N)c1OC#N)c1ccc(O)c(OC#N)c1OC#N. The van der Waals surface area contributed by atoms with Crippen LogP contribution in [0.4, 0.5) is 0 Å². The van der Waals surface area contributed by atoms with E-state index in [1.165, 1.54) is 49.3 Å². The normalized spacial score (nSPS) is 9.36. The smallest absolute Gasteiger partial charge is 0.292 e. The zero-order valence-corrected chi connectivity index (χ0v) is 14.2. The van der Waals surface area contributed by atoms with Crippen molar-refractivity contribution in [3.63, 3.8) is 0 Å². The standard InChI is InChI=1S/C18H10N4O6/c1-10(11-2-4-13(23)17(27-8-21)15(11)25-6-19)12-3-5-14(24)18(28-9-22)16(12)26-7-20/h2-5,10,23-24H,1H3. The van der Waals surface area contributed by atoms with Gasteiger partial charge in [-0.15, -0.1) is 21.0 Å². The second kappa shape index (κ2) is 8.53. The Kier molecular flexibility index (Phi) is 5.95. The molecule has 0 bridgehead atoms. The summed E-state index contributed by atoms with van der Waals surface area (Å²) in [6, 6.07) is 5.26. The van der Waals surface area contributed by atoms with Crippen molar-refractivity contribution in [1.82, 2.24) is 0 Å². The summed E-state index contributed by atoms with van der Waals surface area (Å²) >= 11 is 0. The van der Waals surface area contributed by atoms with Gasteiger partial charge in [-0.3, -0.25) is 0 Å². The number of aromatic hydroxyl groups is 2. The average Bonchev–Trinajstić information content (AvgIpc) is 2.67.